The van der Waals surface area contributed by atoms with Crippen LogP contribution in [0.15, 0.2) is 24.3 Å². The molecule has 1 N–H and O–H groups in total. The number of rotatable bonds is 5. The Morgan fingerprint density at radius 2 is 1.86 bits per heavy atom. The van der Waals surface area contributed by atoms with Gasteiger partial charge in [-0.15, -0.1) is 11.6 Å². The van der Waals surface area contributed by atoms with Crippen molar-refractivity contribution < 1.29 is 14.0 Å². The minimum Gasteiger partial charge on any atom is -0.353 e. The van der Waals surface area contributed by atoms with E-state index in [1.54, 1.807) is 17.0 Å². The van der Waals surface area contributed by atoms with Crippen molar-refractivity contribution in [3.63, 3.8) is 0 Å². The topological polar surface area (TPSA) is 49.4 Å². The Morgan fingerprint density at radius 1 is 1.23 bits per heavy atom. The van der Waals surface area contributed by atoms with Crippen molar-refractivity contribution in [1.82, 2.24) is 10.2 Å². The lowest BCUT2D eigenvalue weighted by molar-refractivity contribution is -0.131. The van der Waals surface area contributed by atoms with Gasteiger partial charge < -0.3 is 10.2 Å². The number of alkyl halides is 1. The molecular weight excluding hydrogens is 307 g/mol. The van der Waals surface area contributed by atoms with Gasteiger partial charge in [-0.1, -0.05) is 12.1 Å². The minimum atomic E-state index is -0.301. The Morgan fingerprint density at radius 3 is 2.45 bits per heavy atom. The van der Waals surface area contributed by atoms with Crippen LogP contribution in [-0.2, 0) is 16.0 Å². The highest BCUT2D eigenvalue weighted by Gasteiger charge is 2.23. The van der Waals surface area contributed by atoms with E-state index in [-0.39, 0.29) is 30.1 Å². The monoisotopic (exact) mass is 326 g/mol. The smallest absolute Gasteiger partial charge is 0.226 e. The zero-order valence-corrected chi connectivity index (χ0v) is 13.1. The van der Waals surface area contributed by atoms with E-state index in [1.165, 1.54) is 12.1 Å². The van der Waals surface area contributed by atoms with E-state index < -0.39 is 0 Å². The molecule has 2 amide bonds. The highest BCUT2D eigenvalue weighted by atomic mass is 35.5. The summed E-state index contributed by atoms with van der Waals surface area (Å²) in [5.41, 5.74) is 0.809. The van der Waals surface area contributed by atoms with Crippen molar-refractivity contribution in [2.24, 2.45) is 0 Å². The van der Waals surface area contributed by atoms with Crippen molar-refractivity contribution >= 4 is 23.4 Å². The molecule has 0 saturated carbocycles. The fraction of sp³-hybridized carbons (Fsp3) is 0.500. The summed E-state index contributed by atoms with van der Waals surface area (Å²) < 4.78 is 12.8. The van der Waals surface area contributed by atoms with E-state index in [2.05, 4.69) is 5.32 Å². The molecule has 1 saturated heterocycles. The molecule has 0 spiro atoms. The van der Waals surface area contributed by atoms with E-state index in [4.69, 9.17) is 11.6 Å². The number of hydrogen-bond donors (Lipinski definition) is 1. The number of benzene rings is 1. The van der Waals surface area contributed by atoms with Crippen molar-refractivity contribution in [2.45, 2.75) is 31.7 Å². The number of likely N-dealkylation sites (tertiary alicyclic amines) is 1. The van der Waals surface area contributed by atoms with Gasteiger partial charge in [-0.05, 0) is 30.5 Å². The molecule has 0 aromatic heterocycles. The number of nitrogens with one attached hydrogen (secondary N) is 1. The van der Waals surface area contributed by atoms with Crippen LogP contribution in [0.5, 0.6) is 0 Å². The second-order valence-corrected chi connectivity index (χ2v) is 5.84. The van der Waals surface area contributed by atoms with Gasteiger partial charge >= 0.3 is 0 Å². The Labute approximate surface area is 134 Å². The van der Waals surface area contributed by atoms with Gasteiger partial charge in [0.25, 0.3) is 0 Å². The summed E-state index contributed by atoms with van der Waals surface area (Å²) in [6.45, 7) is 1.26. The van der Waals surface area contributed by atoms with Gasteiger partial charge in [0.15, 0.2) is 0 Å². The van der Waals surface area contributed by atoms with Crippen LogP contribution < -0.4 is 5.32 Å². The molecule has 0 aliphatic carbocycles. The summed E-state index contributed by atoms with van der Waals surface area (Å²) in [6.07, 6.45) is 2.11. The Bertz CT molecular complexity index is 513. The number of hydrogen-bond acceptors (Lipinski definition) is 2. The number of carbonyl (C=O) groups excluding carboxylic acids is 2. The highest BCUT2D eigenvalue weighted by molar-refractivity contribution is 6.18. The highest BCUT2D eigenvalue weighted by Crippen LogP contribution is 2.13. The second kappa shape index (κ2) is 8.13. The normalized spacial score (nSPS) is 15.6. The largest absolute Gasteiger partial charge is 0.353 e. The van der Waals surface area contributed by atoms with Gasteiger partial charge in [-0.25, -0.2) is 4.39 Å². The van der Waals surface area contributed by atoms with E-state index >= 15 is 0 Å². The lowest BCUT2D eigenvalue weighted by Gasteiger charge is -2.32. The molecular formula is C16H20ClFN2O2. The van der Waals surface area contributed by atoms with Crippen LogP contribution >= 0.6 is 11.6 Å². The molecule has 1 aromatic carbocycles. The van der Waals surface area contributed by atoms with Crippen molar-refractivity contribution in [3.8, 4) is 0 Å². The van der Waals surface area contributed by atoms with Crippen LogP contribution in [0.25, 0.3) is 0 Å². The third-order valence-electron chi connectivity index (χ3n) is 3.80. The summed E-state index contributed by atoms with van der Waals surface area (Å²) in [5, 5.41) is 2.93. The Kier molecular flexibility index (Phi) is 6.19. The zero-order chi connectivity index (χ0) is 15.9. The third-order valence-corrected chi connectivity index (χ3v) is 3.99. The molecule has 0 unspecified atom stereocenters. The SMILES string of the molecule is O=C(CCCl)NC1CCN(C(=O)Cc2ccc(F)cc2)CC1. The van der Waals surface area contributed by atoms with E-state index in [9.17, 15) is 14.0 Å². The Balaban J connectivity index is 1.77. The molecule has 2 rings (SSSR count). The number of amides is 2. The molecule has 1 aliphatic heterocycles. The standard InChI is InChI=1S/C16H20ClFN2O2/c17-8-5-15(21)19-14-6-9-20(10-7-14)16(22)11-12-1-3-13(18)4-2-12/h1-4,14H,5-11H2,(H,19,21). The van der Waals surface area contributed by atoms with Gasteiger partial charge in [0.05, 0.1) is 6.42 Å². The van der Waals surface area contributed by atoms with Crippen LogP contribution in [0.4, 0.5) is 4.39 Å². The maximum atomic E-state index is 12.8. The van der Waals surface area contributed by atoms with Crippen molar-refractivity contribution in [1.29, 1.82) is 0 Å². The van der Waals surface area contributed by atoms with Gasteiger partial charge in [-0.3, -0.25) is 9.59 Å². The lowest BCUT2D eigenvalue weighted by Crippen LogP contribution is -2.47. The van der Waals surface area contributed by atoms with Gasteiger partial charge in [0.1, 0.15) is 5.82 Å². The summed E-state index contributed by atoms with van der Waals surface area (Å²) in [7, 11) is 0. The molecule has 0 radical (unpaired) electrons. The van der Waals surface area contributed by atoms with Crippen LogP contribution in [0, 0.1) is 5.82 Å². The molecule has 0 atom stereocenters. The molecule has 1 aromatic rings. The fourth-order valence-corrected chi connectivity index (χ4v) is 2.72. The lowest BCUT2D eigenvalue weighted by atomic mass is 10.0. The summed E-state index contributed by atoms with van der Waals surface area (Å²) in [4.78, 5) is 25.5. The minimum absolute atomic E-state index is 0.0360. The average Bonchev–Trinajstić information content (AvgIpc) is 2.50. The summed E-state index contributed by atoms with van der Waals surface area (Å²) in [6, 6.07) is 6.10. The van der Waals surface area contributed by atoms with Crippen molar-refractivity contribution in [3.05, 3.63) is 35.6 Å². The zero-order valence-electron chi connectivity index (χ0n) is 12.4. The summed E-state index contributed by atoms with van der Waals surface area (Å²) >= 11 is 5.53. The number of piperidine rings is 1. The number of carbonyl (C=O) groups is 2. The predicted molar refractivity (Wildman–Crippen MR) is 83.2 cm³/mol. The average molecular weight is 327 g/mol. The first-order valence-electron chi connectivity index (χ1n) is 7.46. The van der Waals surface area contributed by atoms with Crippen LogP contribution in [0.1, 0.15) is 24.8 Å². The molecule has 6 heteroatoms. The van der Waals surface area contributed by atoms with Gasteiger partial charge in [0.2, 0.25) is 11.8 Å². The van der Waals surface area contributed by atoms with Gasteiger partial charge in [-0.2, -0.15) is 0 Å². The van der Waals surface area contributed by atoms with Crippen molar-refractivity contribution in [2.75, 3.05) is 19.0 Å². The first-order chi connectivity index (χ1) is 10.6. The quantitative estimate of drug-likeness (QED) is 0.842. The second-order valence-electron chi connectivity index (χ2n) is 5.46. The first kappa shape index (κ1) is 16.7. The first-order valence-corrected chi connectivity index (χ1v) is 7.99. The number of nitrogens with zero attached hydrogens (tertiary/aromatic N) is 1. The molecule has 1 aliphatic rings. The summed E-state index contributed by atoms with van der Waals surface area (Å²) in [5.74, 6) is 0.0221. The Hall–Kier alpha value is -1.62. The van der Waals surface area contributed by atoms with Crippen LogP contribution in [0.3, 0.4) is 0 Å². The third kappa shape index (κ3) is 4.98. The van der Waals surface area contributed by atoms with E-state index in [1.807, 2.05) is 0 Å². The van der Waals surface area contributed by atoms with E-state index in [0.29, 0.717) is 25.4 Å². The van der Waals surface area contributed by atoms with E-state index in [0.717, 1.165) is 18.4 Å². The predicted octanol–water partition coefficient (Wildman–Crippen LogP) is 2.10. The molecule has 1 fully saturated rings. The molecule has 4 nitrogen and oxygen atoms in total. The maximum Gasteiger partial charge on any atom is 0.226 e. The fourth-order valence-electron chi connectivity index (χ4n) is 2.55. The van der Waals surface area contributed by atoms with Crippen LogP contribution in [0.2, 0.25) is 0 Å². The molecule has 1 heterocycles. The number of halogens is 2. The molecule has 22 heavy (non-hydrogen) atoms. The molecule has 120 valence electrons. The van der Waals surface area contributed by atoms with Gasteiger partial charge in [0, 0.05) is 31.4 Å². The van der Waals surface area contributed by atoms with Crippen LogP contribution in [-0.4, -0.2) is 41.7 Å². The molecule has 0 bridgehead atoms. The maximum absolute atomic E-state index is 12.8.